The van der Waals surface area contributed by atoms with Gasteiger partial charge in [0, 0.05) is 34.8 Å². The summed E-state index contributed by atoms with van der Waals surface area (Å²) in [5.41, 5.74) is 8.60. The Balaban J connectivity index is 2.17. The highest BCUT2D eigenvalue weighted by atomic mass is 35.5. The number of likely N-dealkylation sites (N-methyl/N-ethyl adjacent to an activating group) is 1. The van der Waals surface area contributed by atoms with Gasteiger partial charge in [0.15, 0.2) is 5.75 Å². The van der Waals surface area contributed by atoms with E-state index in [0.717, 1.165) is 29.1 Å². The first-order valence-corrected chi connectivity index (χ1v) is 7.52. The number of fused-ring (bicyclic) bond motifs is 1. The van der Waals surface area contributed by atoms with Gasteiger partial charge in [-0.2, -0.15) is 0 Å². The minimum atomic E-state index is -0.0263. The summed E-state index contributed by atoms with van der Waals surface area (Å²) in [6.45, 7) is 1.25. The molecule has 0 bridgehead atoms. The Bertz CT molecular complexity index is 675. The van der Waals surface area contributed by atoms with Crippen molar-refractivity contribution in [3.05, 3.63) is 46.4 Å². The molecule has 0 fully saturated rings. The number of halogens is 2. The zero-order valence-corrected chi connectivity index (χ0v) is 13.2. The fraction of sp³-hybridized carbons (Fsp3) is 0.250. The molecule has 110 valence electrons. The second kappa shape index (κ2) is 5.76. The Kier molecular flexibility index (Phi) is 3.98. The number of nitrogens with two attached hydrogens (primary N) is 1. The average Bonchev–Trinajstić information content (AvgIpc) is 2.49. The van der Waals surface area contributed by atoms with Gasteiger partial charge in [0.1, 0.15) is 6.10 Å². The number of hydrogen-bond acceptors (Lipinski definition) is 3. The lowest BCUT2D eigenvalue weighted by Gasteiger charge is -2.34. The quantitative estimate of drug-likeness (QED) is 0.913. The van der Waals surface area contributed by atoms with Gasteiger partial charge in [0.05, 0.1) is 12.2 Å². The second-order valence-corrected chi connectivity index (χ2v) is 5.98. The van der Waals surface area contributed by atoms with Crippen molar-refractivity contribution in [2.45, 2.75) is 6.10 Å². The summed E-state index contributed by atoms with van der Waals surface area (Å²) in [6.07, 6.45) is -0.0263. The van der Waals surface area contributed by atoms with Gasteiger partial charge in [-0.1, -0.05) is 35.3 Å². The molecule has 3 rings (SSSR count). The lowest BCUT2D eigenvalue weighted by atomic mass is 10.0. The van der Waals surface area contributed by atoms with E-state index in [1.165, 1.54) is 0 Å². The monoisotopic (exact) mass is 322 g/mol. The first-order chi connectivity index (χ1) is 10.1. The van der Waals surface area contributed by atoms with Gasteiger partial charge in [-0.3, -0.25) is 0 Å². The van der Waals surface area contributed by atoms with Crippen LogP contribution in [0.25, 0.3) is 11.1 Å². The third-order valence-corrected chi connectivity index (χ3v) is 4.21. The smallest absolute Gasteiger partial charge is 0.151 e. The molecule has 3 nitrogen and oxygen atoms in total. The van der Waals surface area contributed by atoms with Crippen molar-refractivity contribution in [1.29, 1.82) is 0 Å². The van der Waals surface area contributed by atoms with Crippen molar-refractivity contribution in [2.24, 2.45) is 5.73 Å². The standard InChI is InChI=1S/C16H16Cl2N2O/c1-20-9-11(8-19)21-16-12(3-2-4-15(16)20)13-7-10(17)5-6-14(13)18/h2-7,11H,8-9,19H2,1H3/t11-/m0/s1. The van der Waals surface area contributed by atoms with Crippen molar-refractivity contribution in [3.63, 3.8) is 0 Å². The van der Waals surface area contributed by atoms with Crippen molar-refractivity contribution in [3.8, 4) is 16.9 Å². The van der Waals surface area contributed by atoms with E-state index in [2.05, 4.69) is 4.90 Å². The molecule has 2 aromatic rings. The van der Waals surface area contributed by atoms with Crippen LogP contribution in [0.5, 0.6) is 5.75 Å². The molecule has 0 unspecified atom stereocenters. The van der Waals surface area contributed by atoms with Crippen LogP contribution in [0.15, 0.2) is 36.4 Å². The minimum Gasteiger partial charge on any atom is -0.484 e. The number of nitrogens with zero attached hydrogens (tertiary/aromatic N) is 1. The van der Waals surface area contributed by atoms with Crippen molar-refractivity contribution in [1.82, 2.24) is 0 Å². The first-order valence-electron chi connectivity index (χ1n) is 6.76. The number of hydrogen-bond donors (Lipinski definition) is 1. The summed E-state index contributed by atoms with van der Waals surface area (Å²) < 4.78 is 6.06. The van der Waals surface area contributed by atoms with E-state index in [-0.39, 0.29) is 6.10 Å². The summed E-state index contributed by atoms with van der Waals surface area (Å²) in [6, 6.07) is 11.4. The van der Waals surface area contributed by atoms with Crippen molar-refractivity contribution < 1.29 is 4.74 Å². The molecule has 1 aliphatic heterocycles. The van der Waals surface area contributed by atoms with Gasteiger partial charge in [0.25, 0.3) is 0 Å². The Morgan fingerprint density at radius 3 is 2.81 bits per heavy atom. The van der Waals surface area contributed by atoms with Crippen LogP contribution in [-0.4, -0.2) is 26.2 Å². The van der Waals surface area contributed by atoms with Crippen molar-refractivity contribution in [2.75, 3.05) is 25.0 Å². The van der Waals surface area contributed by atoms with Gasteiger partial charge in [-0.15, -0.1) is 0 Å². The first kappa shape index (κ1) is 14.5. The molecule has 5 heteroatoms. The van der Waals surface area contributed by atoms with E-state index in [1.54, 1.807) is 12.1 Å². The molecule has 0 aliphatic carbocycles. The Morgan fingerprint density at radius 1 is 1.24 bits per heavy atom. The fourth-order valence-electron chi connectivity index (χ4n) is 2.60. The maximum absolute atomic E-state index is 6.33. The normalized spacial score (nSPS) is 17.3. The van der Waals surface area contributed by atoms with Crippen LogP contribution in [0, 0.1) is 0 Å². The SMILES string of the molecule is CN1C[C@H](CN)Oc2c(-c3cc(Cl)ccc3Cl)cccc21. The highest BCUT2D eigenvalue weighted by Crippen LogP contribution is 2.43. The number of para-hydroxylation sites is 1. The van der Waals surface area contributed by atoms with E-state index in [4.69, 9.17) is 33.7 Å². The lowest BCUT2D eigenvalue weighted by molar-refractivity contribution is 0.205. The molecular weight excluding hydrogens is 307 g/mol. The van der Waals surface area contributed by atoms with Crippen LogP contribution < -0.4 is 15.4 Å². The molecule has 0 spiro atoms. The zero-order valence-electron chi connectivity index (χ0n) is 11.6. The van der Waals surface area contributed by atoms with Gasteiger partial charge >= 0.3 is 0 Å². The van der Waals surface area contributed by atoms with Gasteiger partial charge in [0.2, 0.25) is 0 Å². The molecule has 0 aromatic heterocycles. The molecule has 1 aliphatic rings. The van der Waals surface area contributed by atoms with Crippen LogP contribution in [-0.2, 0) is 0 Å². The van der Waals surface area contributed by atoms with Crippen LogP contribution >= 0.6 is 23.2 Å². The van der Waals surface area contributed by atoms with Gasteiger partial charge < -0.3 is 15.4 Å². The molecule has 0 saturated carbocycles. The van der Waals surface area contributed by atoms with Crippen LogP contribution in [0.4, 0.5) is 5.69 Å². The fourth-order valence-corrected chi connectivity index (χ4v) is 2.99. The highest BCUT2D eigenvalue weighted by Gasteiger charge is 2.25. The molecule has 1 atom stereocenters. The summed E-state index contributed by atoms with van der Waals surface area (Å²) in [7, 11) is 2.04. The van der Waals surface area contributed by atoms with E-state index < -0.39 is 0 Å². The molecular formula is C16H16Cl2N2O. The Morgan fingerprint density at radius 2 is 2.05 bits per heavy atom. The number of benzene rings is 2. The molecule has 0 saturated heterocycles. The molecule has 0 amide bonds. The molecule has 1 heterocycles. The van der Waals surface area contributed by atoms with Crippen LogP contribution in [0.1, 0.15) is 0 Å². The van der Waals surface area contributed by atoms with E-state index in [9.17, 15) is 0 Å². The topological polar surface area (TPSA) is 38.5 Å². The summed E-state index contributed by atoms with van der Waals surface area (Å²) in [4.78, 5) is 2.15. The summed E-state index contributed by atoms with van der Waals surface area (Å²) in [5, 5.41) is 1.29. The summed E-state index contributed by atoms with van der Waals surface area (Å²) in [5.74, 6) is 0.811. The average molecular weight is 323 g/mol. The summed E-state index contributed by atoms with van der Waals surface area (Å²) >= 11 is 12.4. The van der Waals surface area contributed by atoms with E-state index >= 15 is 0 Å². The van der Waals surface area contributed by atoms with Crippen LogP contribution in [0.3, 0.4) is 0 Å². The molecule has 0 radical (unpaired) electrons. The largest absolute Gasteiger partial charge is 0.484 e. The lowest BCUT2D eigenvalue weighted by Crippen LogP contribution is -2.42. The molecule has 2 N–H and O–H groups in total. The van der Waals surface area contributed by atoms with Crippen LogP contribution in [0.2, 0.25) is 10.0 Å². The predicted octanol–water partition coefficient (Wildman–Crippen LogP) is 3.82. The third-order valence-electron chi connectivity index (χ3n) is 3.65. The number of ether oxygens (including phenoxy) is 1. The van der Waals surface area contributed by atoms with Gasteiger partial charge in [-0.25, -0.2) is 0 Å². The zero-order chi connectivity index (χ0) is 15.0. The molecule has 21 heavy (non-hydrogen) atoms. The predicted molar refractivity (Wildman–Crippen MR) is 88.6 cm³/mol. The minimum absolute atomic E-state index is 0.0263. The van der Waals surface area contributed by atoms with Gasteiger partial charge in [-0.05, 0) is 24.3 Å². The number of anilines is 1. The van der Waals surface area contributed by atoms with E-state index in [1.807, 2.05) is 31.3 Å². The van der Waals surface area contributed by atoms with Crippen molar-refractivity contribution >= 4 is 28.9 Å². The number of rotatable bonds is 2. The Labute approximate surface area is 134 Å². The maximum Gasteiger partial charge on any atom is 0.151 e. The molecule has 2 aromatic carbocycles. The third kappa shape index (κ3) is 2.69. The van der Waals surface area contributed by atoms with E-state index in [0.29, 0.717) is 16.6 Å². The Hall–Kier alpha value is -1.42. The highest BCUT2D eigenvalue weighted by molar-refractivity contribution is 6.35. The maximum atomic E-state index is 6.33. The second-order valence-electron chi connectivity index (χ2n) is 5.13.